The number of hydrogen-bond acceptors (Lipinski definition) is 3. The predicted octanol–water partition coefficient (Wildman–Crippen LogP) is 2.61. The molecule has 0 aliphatic heterocycles. The molecule has 6 heteroatoms. The highest BCUT2D eigenvalue weighted by Gasteiger charge is 2.10. The van der Waals surface area contributed by atoms with Crippen LogP contribution in [-0.4, -0.2) is 9.97 Å². The Morgan fingerprint density at radius 3 is 3.00 bits per heavy atom. The molecule has 0 bridgehead atoms. The lowest BCUT2D eigenvalue weighted by Crippen LogP contribution is -2.11. The molecule has 88 valence electrons. The van der Waals surface area contributed by atoms with Crippen molar-refractivity contribution in [3.05, 3.63) is 49.8 Å². The normalized spacial score (nSPS) is 10.3. The van der Waals surface area contributed by atoms with Crippen LogP contribution in [0, 0.1) is 16.3 Å². The third-order valence-corrected chi connectivity index (χ3v) is 3.01. The summed E-state index contributed by atoms with van der Waals surface area (Å²) >= 11 is 1.80. The molecule has 2 aromatic rings. The van der Waals surface area contributed by atoms with Crippen LogP contribution in [0.5, 0.6) is 11.6 Å². The van der Waals surface area contributed by atoms with Crippen molar-refractivity contribution >= 4 is 22.6 Å². The number of aryl methyl sites for hydroxylation is 1. The minimum Gasteiger partial charge on any atom is -0.435 e. The SMILES string of the molecule is Cc1ccc(F)c(Oc2nc[nH]c(=O)c2I)c1. The number of aromatic nitrogens is 2. The number of H-pyrrole nitrogens is 1. The van der Waals surface area contributed by atoms with E-state index in [4.69, 9.17) is 4.74 Å². The van der Waals surface area contributed by atoms with E-state index in [1.54, 1.807) is 34.7 Å². The summed E-state index contributed by atoms with van der Waals surface area (Å²) < 4.78 is 19.0. The van der Waals surface area contributed by atoms with Gasteiger partial charge in [0.1, 0.15) is 3.57 Å². The van der Waals surface area contributed by atoms with Crippen molar-refractivity contribution in [3.63, 3.8) is 0 Å². The van der Waals surface area contributed by atoms with E-state index in [1.807, 2.05) is 6.92 Å². The minimum atomic E-state index is -0.492. The zero-order chi connectivity index (χ0) is 12.4. The molecule has 0 amide bonds. The van der Waals surface area contributed by atoms with Gasteiger partial charge in [-0.05, 0) is 47.2 Å². The van der Waals surface area contributed by atoms with Crippen LogP contribution >= 0.6 is 22.6 Å². The Balaban J connectivity index is 2.41. The Morgan fingerprint density at radius 1 is 1.47 bits per heavy atom. The fourth-order valence-corrected chi connectivity index (χ4v) is 1.64. The summed E-state index contributed by atoms with van der Waals surface area (Å²) in [5.74, 6) is -0.339. The van der Waals surface area contributed by atoms with Crippen LogP contribution in [0.2, 0.25) is 0 Å². The molecule has 1 heterocycles. The Bertz CT molecular complexity index is 613. The van der Waals surface area contributed by atoms with Gasteiger partial charge in [-0.2, -0.15) is 0 Å². The highest BCUT2D eigenvalue weighted by molar-refractivity contribution is 14.1. The van der Waals surface area contributed by atoms with Crippen molar-refractivity contribution in [2.45, 2.75) is 6.92 Å². The van der Waals surface area contributed by atoms with Crippen molar-refractivity contribution in [1.82, 2.24) is 9.97 Å². The van der Waals surface area contributed by atoms with Gasteiger partial charge in [-0.15, -0.1) is 0 Å². The van der Waals surface area contributed by atoms with Gasteiger partial charge in [-0.3, -0.25) is 4.79 Å². The van der Waals surface area contributed by atoms with Gasteiger partial charge < -0.3 is 9.72 Å². The zero-order valence-corrected chi connectivity index (χ0v) is 11.0. The largest absolute Gasteiger partial charge is 0.435 e. The molecule has 1 N–H and O–H groups in total. The summed E-state index contributed by atoms with van der Waals surface area (Å²) in [6.45, 7) is 1.82. The Kier molecular flexibility index (Phi) is 3.41. The van der Waals surface area contributed by atoms with Crippen LogP contribution < -0.4 is 10.3 Å². The molecule has 4 nitrogen and oxygen atoms in total. The molecule has 0 unspecified atom stereocenters. The van der Waals surface area contributed by atoms with Gasteiger partial charge in [0.25, 0.3) is 5.56 Å². The van der Waals surface area contributed by atoms with Gasteiger partial charge >= 0.3 is 0 Å². The number of rotatable bonds is 2. The van der Waals surface area contributed by atoms with Crippen LogP contribution in [0.25, 0.3) is 0 Å². The molecule has 0 spiro atoms. The Hall–Kier alpha value is -1.44. The first-order valence-corrected chi connectivity index (χ1v) is 5.83. The smallest absolute Gasteiger partial charge is 0.268 e. The first-order valence-electron chi connectivity index (χ1n) is 4.75. The first kappa shape index (κ1) is 12.0. The lowest BCUT2D eigenvalue weighted by Gasteiger charge is -2.07. The van der Waals surface area contributed by atoms with E-state index in [9.17, 15) is 9.18 Å². The molecule has 0 atom stereocenters. The quantitative estimate of drug-likeness (QED) is 0.851. The molecule has 0 radical (unpaired) electrons. The maximum atomic E-state index is 13.4. The summed E-state index contributed by atoms with van der Waals surface area (Å²) in [6, 6.07) is 4.50. The highest BCUT2D eigenvalue weighted by atomic mass is 127. The monoisotopic (exact) mass is 346 g/mol. The third kappa shape index (κ3) is 2.63. The van der Waals surface area contributed by atoms with Crippen LogP contribution in [0.3, 0.4) is 0 Å². The third-order valence-electron chi connectivity index (χ3n) is 2.06. The predicted molar refractivity (Wildman–Crippen MR) is 68.8 cm³/mol. The van der Waals surface area contributed by atoms with E-state index >= 15 is 0 Å². The van der Waals surface area contributed by atoms with E-state index < -0.39 is 5.82 Å². The van der Waals surface area contributed by atoms with Crippen LogP contribution in [0.4, 0.5) is 4.39 Å². The molecule has 0 aliphatic carbocycles. The number of nitrogens with one attached hydrogen (secondary N) is 1. The average Bonchev–Trinajstić information content (AvgIpc) is 2.30. The molecule has 17 heavy (non-hydrogen) atoms. The second kappa shape index (κ2) is 4.82. The second-order valence-corrected chi connectivity index (χ2v) is 4.47. The fourth-order valence-electron chi connectivity index (χ4n) is 1.23. The van der Waals surface area contributed by atoms with Gasteiger partial charge in [0, 0.05) is 0 Å². The van der Waals surface area contributed by atoms with Gasteiger partial charge in [0.05, 0.1) is 6.33 Å². The summed E-state index contributed by atoms with van der Waals surface area (Å²) in [4.78, 5) is 17.6. The number of halogens is 2. The maximum Gasteiger partial charge on any atom is 0.268 e. The molecular formula is C11H8FIN2O2. The van der Waals surface area contributed by atoms with Crippen LogP contribution in [0.1, 0.15) is 5.56 Å². The Labute approximate surface area is 110 Å². The fraction of sp³-hybridized carbons (Fsp3) is 0.0909. The summed E-state index contributed by atoms with van der Waals surface area (Å²) in [5, 5.41) is 0. The summed E-state index contributed by atoms with van der Waals surface area (Å²) in [7, 11) is 0. The van der Waals surface area contributed by atoms with E-state index in [2.05, 4.69) is 9.97 Å². The lowest BCUT2D eigenvalue weighted by molar-refractivity contribution is 0.422. The Morgan fingerprint density at radius 2 is 2.24 bits per heavy atom. The number of benzene rings is 1. The molecule has 0 aliphatic rings. The van der Waals surface area contributed by atoms with Crippen LogP contribution in [0.15, 0.2) is 29.3 Å². The van der Waals surface area contributed by atoms with E-state index in [1.165, 1.54) is 12.4 Å². The highest BCUT2D eigenvalue weighted by Crippen LogP contribution is 2.25. The standard InChI is InChI=1S/C11H8FIN2O2/c1-6-2-3-7(12)8(4-6)17-11-9(13)10(16)14-5-15-11/h2-5H,1H3,(H,14,15,16). The zero-order valence-electron chi connectivity index (χ0n) is 8.83. The molecule has 2 rings (SSSR count). The molecule has 0 saturated heterocycles. The van der Waals surface area contributed by atoms with Crippen molar-refractivity contribution < 1.29 is 9.13 Å². The van der Waals surface area contributed by atoms with Crippen molar-refractivity contribution in [3.8, 4) is 11.6 Å². The summed E-state index contributed by atoms with van der Waals surface area (Å²) in [6.07, 6.45) is 1.22. The van der Waals surface area contributed by atoms with Crippen molar-refractivity contribution in [2.75, 3.05) is 0 Å². The lowest BCUT2D eigenvalue weighted by atomic mass is 10.2. The first-order chi connectivity index (χ1) is 8.08. The van der Waals surface area contributed by atoms with E-state index in [-0.39, 0.29) is 20.8 Å². The van der Waals surface area contributed by atoms with Gasteiger partial charge in [0.2, 0.25) is 5.88 Å². The van der Waals surface area contributed by atoms with Gasteiger partial charge in [0.15, 0.2) is 11.6 Å². The molecule has 1 aromatic heterocycles. The van der Waals surface area contributed by atoms with E-state index in [0.29, 0.717) is 0 Å². The number of nitrogens with zero attached hydrogens (tertiary/aromatic N) is 1. The number of hydrogen-bond donors (Lipinski definition) is 1. The molecular weight excluding hydrogens is 338 g/mol. The van der Waals surface area contributed by atoms with Crippen molar-refractivity contribution in [2.24, 2.45) is 0 Å². The number of aromatic amines is 1. The topological polar surface area (TPSA) is 55.0 Å². The van der Waals surface area contributed by atoms with Gasteiger partial charge in [-0.25, -0.2) is 9.37 Å². The molecule has 0 saturated carbocycles. The van der Waals surface area contributed by atoms with Crippen LogP contribution in [-0.2, 0) is 0 Å². The average molecular weight is 346 g/mol. The van der Waals surface area contributed by atoms with E-state index in [0.717, 1.165) is 5.56 Å². The molecule has 0 fully saturated rings. The summed E-state index contributed by atoms with van der Waals surface area (Å²) in [5.41, 5.74) is 0.546. The van der Waals surface area contributed by atoms with Crippen molar-refractivity contribution in [1.29, 1.82) is 0 Å². The minimum absolute atomic E-state index is 0.0565. The second-order valence-electron chi connectivity index (χ2n) is 3.39. The maximum absolute atomic E-state index is 13.4. The number of ether oxygens (including phenoxy) is 1. The van der Waals surface area contributed by atoms with Gasteiger partial charge in [-0.1, -0.05) is 6.07 Å². The molecule has 1 aromatic carbocycles.